The van der Waals surface area contributed by atoms with Gasteiger partial charge in [-0.2, -0.15) is 0 Å². The Bertz CT molecular complexity index is 1310. The average molecular weight is 378 g/mol. The van der Waals surface area contributed by atoms with E-state index in [2.05, 4.69) is 52.2 Å². The maximum atomic E-state index is 4.72. The molecule has 29 heavy (non-hydrogen) atoms. The Kier molecular flexibility index (Phi) is 4.09. The lowest BCUT2D eigenvalue weighted by Crippen LogP contribution is -2.03. The van der Waals surface area contributed by atoms with Crippen molar-refractivity contribution in [1.29, 1.82) is 0 Å². The van der Waals surface area contributed by atoms with Gasteiger partial charge in [0.15, 0.2) is 0 Å². The van der Waals surface area contributed by atoms with Gasteiger partial charge in [0.2, 0.25) is 0 Å². The zero-order chi connectivity index (χ0) is 19.8. The molecule has 1 aromatic carbocycles. The molecule has 0 saturated heterocycles. The molecule has 0 unspecified atom stereocenters. The largest absolute Gasteiger partial charge is 0.278 e. The van der Waals surface area contributed by atoms with Gasteiger partial charge in [0.1, 0.15) is 11.4 Å². The van der Waals surface area contributed by atoms with Gasteiger partial charge in [-0.1, -0.05) is 24.3 Å². The van der Waals surface area contributed by atoms with E-state index in [1.54, 1.807) is 12.4 Å². The molecule has 6 nitrogen and oxygen atoms in total. The van der Waals surface area contributed by atoms with Crippen LogP contribution in [0.25, 0.3) is 39.8 Å². The molecule has 0 N–H and O–H groups in total. The summed E-state index contributed by atoms with van der Waals surface area (Å²) >= 11 is 0. The first kappa shape index (κ1) is 17.2. The summed E-state index contributed by atoms with van der Waals surface area (Å²) in [6.07, 6.45) is 5.51. The van der Waals surface area contributed by atoms with Crippen molar-refractivity contribution < 1.29 is 0 Å². The van der Waals surface area contributed by atoms with Crippen molar-refractivity contribution in [2.24, 2.45) is 0 Å². The van der Waals surface area contributed by atoms with Crippen LogP contribution in [0.2, 0.25) is 0 Å². The zero-order valence-electron chi connectivity index (χ0n) is 16.1. The van der Waals surface area contributed by atoms with E-state index < -0.39 is 0 Å². The Hall–Kier alpha value is -3.93. The molecule has 0 saturated carbocycles. The van der Waals surface area contributed by atoms with Gasteiger partial charge in [0, 0.05) is 24.2 Å². The van der Waals surface area contributed by atoms with Gasteiger partial charge < -0.3 is 0 Å². The number of aryl methyl sites for hydroxylation is 2. The zero-order valence-corrected chi connectivity index (χ0v) is 16.1. The molecule has 0 aliphatic heterocycles. The summed E-state index contributed by atoms with van der Waals surface area (Å²) in [7, 11) is 0. The SMILES string of the molecule is Cc1ccc(-c2cn3c(-c4ccccn4)c(-c4ccccn4)nnc3n2)cc1C. The van der Waals surface area contributed by atoms with Crippen molar-refractivity contribution in [1.82, 2.24) is 29.5 Å². The minimum atomic E-state index is 0.526. The van der Waals surface area contributed by atoms with Crippen LogP contribution in [-0.4, -0.2) is 29.5 Å². The molecular weight excluding hydrogens is 360 g/mol. The average Bonchev–Trinajstić information content (AvgIpc) is 3.20. The number of nitrogens with zero attached hydrogens (tertiary/aromatic N) is 6. The maximum absolute atomic E-state index is 4.72. The van der Waals surface area contributed by atoms with Crippen molar-refractivity contribution in [3.8, 4) is 34.0 Å². The first-order valence-electron chi connectivity index (χ1n) is 9.37. The monoisotopic (exact) mass is 378 g/mol. The van der Waals surface area contributed by atoms with Gasteiger partial charge in [0.25, 0.3) is 5.78 Å². The van der Waals surface area contributed by atoms with E-state index in [0.717, 1.165) is 28.3 Å². The standard InChI is InChI=1S/C23H18N6/c1-15-9-10-17(13-16(15)2)20-14-29-22(19-8-4-6-12-25-19)21(27-28-23(29)26-20)18-7-3-5-11-24-18/h3-14H,1-2H3. The van der Waals surface area contributed by atoms with Crippen LogP contribution in [0.1, 0.15) is 11.1 Å². The number of hydrogen-bond acceptors (Lipinski definition) is 5. The van der Waals surface area contributed by atoms with Crippen LogP contribution in [0.15, 0.2) is 73.2 Å². The van der Waals surface area contributed by atoms with Gasteiger partial charge in [0.05, 0.1) is 17.1 Å². The van der Waals surface area contributed by atoms with Crippen molar-refractivity contribution in [3.05, 3.63) is 84.3 Å². The fourth-order valence-corrected chi connectivity index (χ4v) is 3.32. The smallest absolute Gasteiger partial charge is 0.254 e. The molecule has 0 spiro atoms. The van der Waals surface area contributed by atoms with E-state index >= 15 is 0 Å². The van der Waals surface area contributed by atoms with E-state index in [0.29, 0.717) is 11.5 Å². The van der Waals surface area contributed by atoms with Crippen LogP contribution < -0.4 is 0 Å². The van der Waals surface area contributed by atoms with Crippen LogP contribution in [0.5, 0.6) is 0 Å². The molecule has 140 valence electrons. The number of aromatic nitrogens is 6. The van der Waals surface area contributed by atoms with Crippen molar-refractivity contribution in [2.75, 3.05) is 0 Å². The molecule has 5 aromatic rings. The fraction of sp³-hybridized carbons (Fsp3) is 0.0870. The molecule has 4 heterocycles. The van der Waals surface area contributed by atoms with E-state index in [1.165, 1.54) is 11.1 Å². The molecule has 0 amide bonds. The summed E-state index contributed by atoms with van der Waals surface area (Å²) < 4.78 is 1.95. The fourth-order valence-electron chi connectivity index (χ4n) is 3.32. The minimum absolute atomic E-state index is 0.526. The van der Waals surface area contributed by atoms with Gasteiger partial charge in [-0.3, -0.25) is 14.4 Å². The molecular formula is C23H18N6. The third-order valence-electron chi connectivity index (χ3n) is 5.01. The lowest BCUT2D eigenvalue weighted by Gasteiger charge is -2.09. The van der Waals surface area contributed by atoms with E-state index in [4.69, 9.17) is 4.98 Å². The third kappa shape index (κ3) is 3.04. The van der Waals surface area contributed by atoms with Crippen LogP contribution in [0.3, 0.4) is 0 Å². The summed E-state index contributed by atoms with van der Waals surface area (Å²) in [4.78, 5) is 13.7. The maximum Gasteiger partial charge on any atom is 0.254 e. The second-order valence-electron chi connectivity index (χ2n) is 6.92. The van der Waals surface area contributed by atoms with Crippen molar-refractivity contribution in [2.45, 2.75) is 13.8 Å². The lowest BCUT2D eigenvalue weighted by molar-refractivity contribution is 0.967. The van der Waals surface area contributed by atoms with Crippen LogP contribution in [-0.2, 0) is 0 Å². The molecule has 0 fully saturated rings. The van der Waals surface area contributed by atoms with Crippen LogP contribution >= 0.6 is 0 Å². The molecule has 0 aliphatic rings. The first-order valence-corrected chi connectivity index (χ1v) is 9.37. The summed E-state index contributed by atoms with van der Waals surface area (Å²) in [5, 5.41) is 8.82. The van der Waals surface area contributed by atoms with Gasteiger partial charge in [-0.05, 0) is 55.3 Å². The Morgan fingerprint density at radius 2 is 1.48 bits per heavy atom. The highest BCUT2D eigenvalue weighted by atomic mass is 15.2. The summed E-state index contributed by atoms with van der Waals surface area (Å²) in [6.45, 7) is 4.21. The van der Waals surface area contributed by atoms with Crippen molar-refractivity contribution >= 4 is 5.78 Å². The Balaban J connectivity index is 1.78. The molecule has 5 rings (SSSR count). The second-order valence-corrected chi connectivity index (χ2v) is 6.92. The molecule has 6 heteroatoms. The quantitative estimate of drug-likeness (QED) is 0.461. The van der Waals surface area contributed by atoms with Crippen LogP contribution in [0.4, 0.5) is 0 Å². The minimum Gasteiger partial charge on any atom is -0.278 e. The van der Waals surface area contributed by atoms with Gasteiger partial charge >= 0.3 is 0 Å². The van der Waals surface area contributed by atoms with E-state index in [-0.39, 0.29) is 0 Å². The number of pyridine rings is 2. The normalized spacial score (nSPS) is 11.1. The topological polar surface area (TPSA) is 68.9 Å². The predicted octanol–water partition coefficient (Wildman–Crippen LogP) is 4.53. The Morgan fingerprint density at radius 1 is 0.724 bits per heavy atom. The molecule has 4 aromatic heterocycles. The highest BCUT2D eigenvalue weighted by Crippen LogP contribution is 2.30. The summed E-state index contributed by atoms with van der Waals surface area (Å²) in [5.74, 6) is 0.526. The van der Waals surface area contributed by atoms with E-state index in [1.807, 2.05) is 47.0 Å². The number of rotatable bonds is 3. The lowest BCUT2D eigenvalue weighted by atomic mass is 10.0. The molecule has 0 bridgehead atoms. The molecule has 0 radical (unpaired) electrons. The predicted molar refractivity (Wildman–Crippen MR) is 112 cm³/mol. The molecule has 0 atom stereocenters. The third-order valence-corrected chi connectivity index (χ3v) is 5.01. The number of hydrogen-bond donors (Lipinski definition) is 0. The van der Waals surface area contributed by atoms with Crippen molar-refractivity contribution in [3.63, 3.8) is 0 Å². The second kappa shape index (κ2) is 6.91. The van der Waals surface area contributed by atoms with Gasteiger partial charge in [-0.15, -0.1) is 10.2 Å². The Labute approximate surface area is 168 Å². The number of fused-ring (bicyclic) bond motifs is 1. The Morgan fingerprint density at radius 3 is 2.17 bits per heavy atom. The highest BCUT2D eigenvalue weighted by molar-refractivity contribution is 5.76. The highest BCUT2D eigenvalue weighted by Gasteiger charge is 2.18. The van der Waals surface area contributed by atoms with Crippen LogP contribution in [0, 0.1) is 13.8 Å². The number of benzene rings is 1. The summed E-state index contributed by atoms with van der Waals surface area (Å²) in [6, 6.07) is 17.9. The first-order chi connectivity index (χ1) is 14.2. The number of imidazole rings is 1. The summed E-state index contributed by atoms with van der Waals surface area (Å²) in [5.41, 5.74) is 7.38. The molecule has 0 aliphatic carbocycles. The van der Waals surface area contributed by atoms with E-state index in [9.17, 15) is 0 Å². The van der Waals surface area contributed by atoms with Gasteiger partial charge in [-0.25, -0.2) is 4.98 Å².